The molecule has 0 aliphatic carbocycles. The van der Waals surface area contributed by atoms with Gasteiger partial charge in [0.25, 0.3) is 0 Å². The van der Waals surface area contributed by atoms with Gasteiger partial charge in [-0.25, -0.2) is 4.79 Å². The van der Waals surface area contributed by atoms with Crippen molar-refractivity contribution in [3.05, 3.63) is 35.9 Å². The van der Waals surface area contributed by atoms with Gasteiger partial charge in [-0.3, -0.25) is 0 Å². The number of urea groups is 1. The fourth-order valence-corrected chi connectivity index (χ4v) is 1.68. The summed E-state index contributed by atoms with van der Waals surface area (Å²) < 4.78 is 0. The molecule has 1 aromatic carbocycles. The average Bonchev–Trinajstić information content (AvgIpc) is 2.34. The van der Waals surface area contributed by atoms with Crippen molar-refractivity contribution in [2.75, 3.05) is 13.1 Å². The molecule has 2 amide bonds. The Bertz CT molecular complexity index is 351. The van der Waals surface area contributed by atoms with Gasteiger partial charge < -0.3 is 16.0 Å². The molecule has 0 saturated carbocycles. The molecule has 0 fully saturated rings. The largest absolute Gasteiger partial charge is 0.336 e. The molecule has 1 rings (SSSR count). The van der Waals surface area contributed by atoms with Gasteiger partial charge >= 0.3 is 6.03 Å². The number of amides is 2. The first-order valence-corrected chi connectivity index (χ1v) is 6.43. The van der Waals surface area contributed by atoms with Gasteiger partial charge in [-0.15, -0.1) is 0 Å². The van der Waals surface area contributed by atoms with Gasteiger partial charge in [0.15, 0.2) is 0 Å². The molecule has 0 saturated heterocycles. The number of carbonyl (C=O) groups excluding carboxylic acids is 1. The van der Waals surface area contributed by atoms with E-state index in [1.807, 2.05) is 49.1 Å². The molecule has 1 aromatic rings. The molecule has 0 atom stereocenters. The molecule has 0 aliphatic heterocycles. The van der Waals surface area contributed by atoms with E-state index in [4.69, 9.17) is 5.73 Å². The van der Waals surface area contributed by atoms with Crippen LogP contribution in [0.25, 0.3) is 0 Å². The third kappa shape index (κ3) is 5.19. The number of rotatable bonds is 6. The predicted octanol–water partition coefficient (Wildman–Crippen LogP) is 1.96. The van der Waals surface area contributed by atoms with Crippen LogP contribution in [0.15, 0.2) is 30.3 Å². The Balaban J connectivity index is 2.63. The Morgan fingerprint density at radius 2 is 2.00 bits per heavy atom. The molecule has 4 nitrogen and oxygen atoms in total. The number of nitrogens with one attached hydrogen (secondary N) is 1. The van der Waals surface area contributed by atoms with E-state index in [2.05, 4.69) is 5.32 Å². The molecule has 0 bridgehead atoms. The van der Waals surface area contributed by atoms with Crippen molar-refractivity contribution in [1.82, 2.24) is 10.2 Å². The van der Waals surface area contributed by atoms with Crippen molar-refractivity contribution in [3.8, 4) is 0 Å². The van der Waals surface area contributed by atoms with Gasteiger partial charge in [-0.1, -0.05) is 30.3 Å². The van der Waals surface area contributed by atoms with Gasteiger partial charge in [0.2, 0.25) is 0 Å². The monoisotopic (exact) mass is 249 g/mol. The van der Waals surface area contributed by atoms with Crippen LogP contribution >= 0.6 is 0 Å². The van der Waals surface area contributed by atoms with E-state index in [0.717, 1.165) is 12.0 Å². The van der Waals surface area contributed by atoms with E-state index in [9.17, 15) is 4.79 Å². The maximum absolute atomic E-state index is 12.0. The summed E-state index contributed by atoms with van der Waals surface area (Å²) in [5.74, 6) is 0. The standard InChI is InChI=1S/C14H23N3O/c1-12(2)16-14(18)17(10-6-9-15)11-13-7-4-3-5-8-13/h3-5,7-8,12H,6,9-11,15H2,1-2H3,(H,16,18). The van der Waals surface area contributed by atoms with Gasteiger partial charge in [0.05, 0.1) is 0 Å². The highest BCUT2D eigenvalue weighted by atomic mass is 16.2. The van der Waals surface area contributed by atoms with Gasteiger partial charge in [0, 0.05) is 19.1 Å². The van der Waals surface area contributed by atoms with Crippen molar-refractivity contribution >= 4 is 6.03 Å². The normalized spacial score (nSPS) is 10.4. The first-order chi connectivity index (χ1) is 8.63. The number of hydrogen-bond donors (Lipinski definition) is 2. The number of hydrogen-bond acceptors (Lipinski definition) is 2. The summed E-state index contributed by atoms with van der Waals surface area (Å²) in [7, 11) is 0. The van der Waals surface area contributed by atoms with Crippen LogP contribution in [-0.4, -0.2) is 30.1 Å². The summed E-state index contributed by atoms with van der Waals surface area (Å²) in [5, 5.41) is 2.92. The van der Waals surface area contributed by atoms with E-state index in [0.29, 0.717) is 19.6 Å². The van der Waals surface area contributed by atoms with Crippen LogP contribution in [-0.2, 0) is 6.54 Å². The maximum Gasteiger partial charge on any atom is 0.317 e. The molecular formula is C14H23N3O. The lowest BCUT2D eigenvalue weighted by atomic mass is 10.2. The van der Waals surface area contributed by atoms with Crippen LogP contribution in [0.3, 0.4) is 0 Å². The number of nitrogens with zero attached hydrogens (tertiary/aromatic N) is 1. The second-order valence-corrected chi connectivity index (χ2v) is 4.65. The fourth-order valence-electron chi connectivity index (χ4n) is 1.68. The molecule has 0 unspecified atom stereocenters. The van der Waals surface area contributed by atoms with E-state index in [1.54, 1.807) is 0 Å². The lowest BCUT2D eigenvalue weighted by molar-refractivity contribution is 0.192. The smallest absolute Gasteiger partial charge is 0.317 e. The Morgan fingerprint density at radius 3 is 2.56 bits per heavy atom. The predicted molar refractivity (Wildman–Crippen MR) is 74.2 cm³/mol. The number of nitrogens with two attached hydrogens (primary N) is 1. The third-order valence-corrected chi connectivity index (χ3v) is 2.55. The summed E-state index contributed by atoms with van der Waals surface area (Å²) >= 11 is 0. The van der Waals surface area contributed by atoms with Crippen molar-refractivity contribution in [1.29, 1.82) is 0 Å². The quantitative estimate of drug-likeness (QED) is 0.809. The lowest BCUT2D eigenvalue weighted by Gasteiger charge is -2.24. The highest BCUT2D eigenvalue weighted by molar-refractivity contribution is 5.74. The molecule has 3 N–H and O–H groups in total. The Kier molecular flexibility index (Phi) is 6.22. The first-order valence-electron chi connectivity index (χ1n) is 6.43. The van der Waals surface area contributed by atoms with Crippen LogP contribution in [0.2, 0.25) is 0 Å². The van der Waals surface area contributed by atoms with E-state index in [-0.39, 0.29) is 12.1 Å². The molecule has 0 heterocycles. The number of carbonyl (C=O) groups is 1. The highest BCUT2D eigenvalue weighted by Gasteiger charge is 2.13. The molecule has 0 radical (unpaired) electrons. The summed E-state index contributed by atoms with van der Waals surface area (Å²) in [6, 6.07) is 10.1. The molecular weight excluding hydrogens is 226 g/mol. The first kappa shape index (κ1) is 14.5. The van der Waals surface area contributed by atoms with Crippen molar-refractivity contribution in [2.45, 2.75) is 32.9 Å². The second-order valence-electron chi connectivity index (χ2n) is 4.65. The fraction of sp³-hybridized carbons (Fsp3) is 0.500. The number of benzene rings is 1. The second kappa shape index (κ2) is 7.71. The Morgan fingerprint density at radius 1 is 1.33 bits per heavy atom. The van der Waals surface area contributed by atoms with E-state index >= 15 is 0 Å². The van der Waals surface area contributed by atoms with Crippen molar-refractivity contribution in [3.63, 3.8) is 0 Å². The van der Waals surface area contributed by atoms with Gasteiger partial charge in [-0.05, 0) is 32.4 Å². The molecule has 0 spiro atoms. The Hall–Kier alpha value is -1.55. The minimum atomic E-state index is -0.0256. The molecule has 100 valence electrons. The van der Waals surface area contributed by atoms with E-state index < -0.39 is 0 Å². The average molecular weight is 249 g/mol. The zero-order valence-corrected chi connectivity index (χ0v) is 11.2. The Labute approximate surface area is 109 Å². The van der Waals surface area contributed by atoms with Crippen LogP contribution < -0.4 is 11.1 Å². The minimum absolute atomic E-state index is 0.0256. The van der Waals surface area contributed by atoms with Crippen molar-refractivity contribution in [2.24, 2.45) is 5.73 Å². The molecule has 0 aliphatic rings. The molecule has 18 heavy (non-hydrogen) atoms. The third-order valence-electron chi connectivity index (χ3n) is 2.55. The molecule has 4 heteroatoms. The van der Waals surface area contributed by atoms with E-state index in [1.165, 1.54) is 0 Å². The topological polar surface area (TPSA) is 58.4 Å². The van der Waals surface area contributed by atoms with Crippen LogP contribution in [0.1, 0.15) is 25.8 Å². The summed E-state index contributed by atoms with van der Waals surface area (Å²) in [6.45, 7) is 5.83. The lowest BCUT2D eigenvalue weighted by Crippen LogP contribution is -2.43. The van der Waals surface area contributed by atoms with Crippen LogP contribution in [0.4, 0.5) is 4.79 Å². The van der Waals surface area contributed by atoms with Crippen molar-refractivity contribution < 1.29 is 4.79 Å². The zero-order chi connectivity index (χ0) is 13.4. The van der Waals surface area contributed by atoms with Crippen LogP contribution in [0, 0.1) is 0 Å². The van der Waals surface area contributed by atoms with Crippen LogP contribution in [0.5, 0.6) is 0 Å². The summed E-state index contributed by atoms with van der Waals surface area (Å²) in [5.41, 5.74) is 6.65. The summed E-state index contributed by atoms with van der Waals surface area (Å²) in [4.78, 5) is 13.8. The minimum Gasteiger partial charge on any atom is -0.336 e. The maximum atomic E-state index is 12.0. The van der Waals surface area contributed by atoms with Gasteiger partial charge in [-0.2, -0.15) is 0 Å². The van der Waals surface area contributed by atoms with Gasteiger partial charge in [0.1, 0.15) is 0 Å². The molecule has 0 aromatic heterocycles. The zero-order valence-electron chi connectivity index (χ0n) is 11.2. The highest BCUT2D eigenvalue weighted by Crippen LogP contribution is 2.05. The SMILES string of the molecule is CC(C)NC(=O)N(CCCN)Cc1ccccc1. The summed E-state index contributed by atoms with van der Waals surface area (Å²) in [6.07, 6.45) is 0.818.